The van der Waals surface area contributed by atoms with Gasteiger partial charge in [0.2, 0.25) is 0 Å². The van der Waals surface area contributed by atoms with Crippen LogP contribution < -0.4 is 5.73 Å². The van der Waals surface area contributed by atoms with Gasteiger partial charge in [-0.2, -0.15) is 0 Å². The van der Waals surface area contributed by atoms with E-state index in [9.17, 15) is 4.39 Å². The second-order valence-electron chi connectivity index (χ2n) is 6.16. The van der Waals surface area contributed by atoms with Crippen molar-refractivity contribution in [3.05, 3.63) is 35.1 Å². The molecule has 2 rings (SSSR count). The molecule has 1 heterocycles. The number of hydrogen-bond donors (Lipinski definition) is 1. The molecule has 0 radical (unpaired) electrons. The van der Waals surface area contributed by atoms with Crippen molar-refractivity contribution in [2.75, 3.05) is 6.54 Å². The third kappa shape index (κ3) is 3.36. The molecule has 2 N–H and O–H groups in total. The molecular weight excluding hydrogens is 271 g/mol. The summed E-state index contributed by atoms with van der Waals surface area (Å²) in [5.41, 5.74) is 6.84. The van der Waals surface area contributed by atoms with Crippen molar-refractivity contribution in [3.63, 3.8) is 0 Å². The molecule has 1 aliphatic heterocycles. The van der Waals surface area contributed by atoms with Crippen LogP contribution in [0.4, 0.5) is 4.39 Å². The van der Waals surface area contributed by atoms with Crippen LogP contribution in [0.5, 0.6) is 0 Å². The van der Waals surface area contributed by atoms with E-state index in [0.717, 1.165) is 12.1 Å². The van der Waals surface area contributed by atoms with Crippen LogP contribution in [0, 0.1) is 17.7 Å². The maximum absolute atomic E-state index is 14.1. The first-order chi connectivity index (χ1) is 9.38. The minimum Gasteiger partial charge on any atom is -0.389 e. The minimum absolute atomic E-state index is 0.214. The molecule has 1 fully saturated rings. The highest BCUT2D eigenvalue weighted by Gasteiger charge is 2.29. The van der Waals surface area contributed by atoms with Gasteiger partial charge in [0.1, 0.15) is 10.8 Å². The standard InChI is InChI=1S/C16H23FN2S/c1-10-6-11(2)12(3)19(8-10)9-14-5-4-13(16(18)20)7-15(14)17/h4-5,7,10-12H,6,8-9H2,1-3H3,(H2,18,20). The van der Waals surface area contributed by atoms with Crippen LogP contribution in [0.1, 0.15) is 38.3 Å². The maximum Gasteiger partial charge on any atom is 0.128 e. The number of halogens is 1. The van der Waals surface area contributed by atoms with Crippen LogP contribution in [-0.2, 0) is 6.54 Å². The van der Waals surface area contributed by atoms with E-state index in [1.807, 2.05) is 6.07 Å². The number of rotatable bonds is 3. The summed E-state index contributed by atoms with van der Waals surface area (Å²) in [5.74, 6) is 1.10. The van der Waals surface area contributed by atoms with E-state index in [1.165, 1.54) is 12.5 Å². The average molecular weight is 294 g/mol. The van der Waals surface area contributed by atoms with E-state index in [-0.39, 0.29) is 10.8 Å². The molecule has 1 aromatic rings. The molecule has 0 amide bonds. The summed E-state index contributed by atoms with van der Waals surface area (Å²) in [5, 5.41) is 0. The van der Waals surface area contributed by atoms with Gasteiger partial charge in [-0.25, -0.2) is 4.39 Å². The van der Waals surface area contributed by atoms with E-state index < -0.39 is 0 Å². The first kappa shape index (κ1) is 15.4. The Hall–Kier alpha value is -1.00. The molecule has 0 aliphatic carbocycles. The molecule has 110 valence electrons. The summed E-state index contributed by atoms with van der Waals surface area (Å²) in [6.45, 7) is 8.46. The van der Waals surface area contributed by atoms with Gasteiger partial charge in [0, 0.05) is 30.3 Å². The van der Waals surface area contributed by atoms with E-state index in [1.54, 1.807) is 6.07 Å². The zero-order valence-corrected chi connectivity index (χ0v) is 13.2. The molecule has 4 heteroatoms. The Bertz CT molecular complexity index is 503. The largest absolute Gasteiger partial charge is 0.389 e. The summed E-state index contributed by atoms with van der Waals surface area (Å²) in [6.07, 6.45) is 1.25. The fourth-order valence-corrected chi connectivity index (χ4v) is 3.22. The van der Waals surface area contributed by atoms with E-state index >= 15 is 0 Å². The third-order valence-corrected chi connectivity index (χ3v) is 4.67. The quantitative estimate of drug-likeness (QED) is 0.867. The highest BCUT2D eigenvalue weighted by atomic mass is 32.1. The third-order valence-electron chi connectivity index (χ3n) is 4.43. The lowest BCUT2D eigenvalue weighted by Crippen LogP contribution is -2.45. The van der Waals surface area contributed by atoms with Gasteiger partial charge in [0.15, 0.2) is 0 Å². The number of hydrogen-bond acceptors (Lipinski definition) is 2. The minimum atomic E-state index is -0.214. The Balaban J connectivity index is 2.15. The van der Waals surface area contributed by atoms with Gasteiger partial charge < -0.3 is 5.73 Å². The second kappa shape index (κ2) is 6.19. The Morgan fingerprint density at radius 1 is 1.40 bits per heavy atom. The van der Waals surface area contributed by atoms with E-state index in [0.29, 0.717) is 30.0 Å². The monoisotopic (exact) mass is 294 g/mol. The molecule has 1 aromatic carbocycles. The molecule has 1 saturated heterocycles. The molecule has 0 spiro atoms. The molecule has 20 heavy (non-hydrogen) atoms. The second-order valence-corrected chi connectivity index (χ2v) is 6.60. The summed E-state index contributed by atoms with van der Waals surface area (Å²) in [7, 11) is 0. The van der Waals surface area contributed by atoms with Crippen molar-refractivity contribution >= 4 is 17.2 Å². The Morgan fingerprint density at radius 3 is 2.70 bits per heavy atom. The molecule has 1 aliphatic rings. The number of nitrogens with zero attached hydrogens (tertiary/aromatic N) is 1. The SMILES string of the molecule is CC1CC(C)C(C)N(Cc2ccc(C(N)=S)cc2F)C1. The molecule has 2 nitrogen and oxygen atoms in total. The van der Waals surface area contributed by atoms with Gasteiger partial charge in [0.05, 0.1) is 0 Å². The molecule has 3 atom stereocenters. The van der Waals surface area contributed by atoms with Gasteiger partial charge in [-0.3, -0.25) is 4.90 Å². The Kier molecular flexibility index (Phi) is 4.76. The van der Waals surface area contributed by atoms with E-state index in [4.69, 9.17) is 18.0 Å². The number of nitrogens with two attached hydrogens (primary N) is 1. The predicted molar refractivity (Wildman–Crippen MR) is 85.1 cm³/mol. The fraction of sp³-hybridized carbons (Fsp3) is 0.562. The van der Waals surface area contributed by atoms with Crippen LogP contribution in [0.3, 0.4) is 0 Å². The number of piperidine rings is 1. The number of benzene rings is 1. The molecule has 0 saturated carbocycles. The fourth-order valence-electron chi connectivity index (χ4n) is 3.09. The van der Waals surface area contributed by atoms with Crippen LogP contribution in [0.2, 0.25) is 0 Å². The van der Waals surface area contributed by atoms with Crippen molar-refractivity contribution < 1.29 is 4.39 Å². The lowest BCUT2D eigenvalue weighted by molar-refractivity contribution is 0.0720. The Labute approximate surface area is 126 Å². The summed E-state index contributed by atoms with van der Waals surface area (Å²) >= 11 is 4.88. The average Bonchev–Trinajstić information content (AvgIpc) is 2.37. The normalized spacial score (nSPS) is 27.5. The molecule has 0 bridgehead atoms. The Morgan fingerprint density at radius 2 is 2.10 bits per heavy atom. The summed E-state index contributed by atoms with van der Waals surface area (Å²) < 4.78 is 14.1. The van der Waals surface area contributed by atoms with Gasteiger partial charge in [-0.1, -0.05) is 38.2 Å². The van der Waals surface area contributed by atoms with E-state index in [2.05, 4.69) is 25.7 Å². The van der Waals surface area contributed by atoms with Crippen molar-refractivity contribution in [3.8, 4) is 0 Å². The lowest BCUT2D eigenvalue weighted by Gasteiger charge is -2.41. The predicted octanol–water partition coefficient (Wildman–Crippen LogP) is 3.33. The van der Waals surface area contributed by atoms with Crippen molar-refractivity contribution in [1.82, 2.24) is 4.90 Å². The van der Waals surface area contributed by atoms with Gasteiger partial charge in [0.25, 0.3) is 0 Å². The first-order valence-electron chi connectivity index (χ1n) is 7.20. The summed E-state index contributed by atoms with van der Waals surface area (Å²) in [6, 6.07) is 5.54. The number of thiocarbonyl (C=S) groups is 1. The molecular formula is C16H23FN2S. The maximum atomic E-state index is 14.1. The van der Waals surface area contributed by atoms with Crippen LogP contribution in [0.15, 0.2) is 18.2 Å². The van der Waals surface area contributed by atoms with Crippen LogP contribution in [-0.4, -0.2) is 22.5 Å². The highest BCUT2D eigenvalue weighted by Crippen LogP contribution is 2.28. The van der Waals surface area contributed by atoms with Crippen molar-refractivity contribution in [1.29, 1.82) is 0 Å². The van der Waals surface area contributed by atoms with Crippen LogP contribution in [0.25, 0.3) is 0 Å². The van der Waals surface area contributed by atoms with Gasteiger partial charge >= 0.3 is 0 Å². The summed E-state index contributed by atoms with van der Waals surface area (Å²) in [4.78, 5) is 2.61. The zero-order chi connectivity index (χ0) is 14.9. The van der Waals surface area contributed by atoms with Gasteiger partial charge in [-0.05, 0) is 31.2 Å². The van der Waals surface area contributed by atoms with Crippen molar-refractivity contribution in [2.24, 2.45) is 17.6 Å². The van der Waals surface area contributed by atoms with Crippen molar-refractivity contribution in [2.45, 2.75) is 39.8 Å². The molecule has 3 unspecified atom stereocenters. The molecule has 0 aromatic heterocycles. The highest BCUT2D eigenvalue weighted by molar-refractivity contribution is 7.80. The first-order valence-corrected chi connectivity index (χ1v) is 7.61. The smallest absolute Gasteiger partial charge is 0.128 e. The van der Waals surface area contributed by atoms with Crippen LogP contribution >= 0.6 is 12.2 Å². The zero-order valence-electron chi connectivity index (χ0n) is 12.4. The lowest BCUT2D eigenvalue weighted by atomic mass is 9.85. The topological polar surface area (TPSA) is 29.3 Å². The number of likely N-dealkylation sites (tertiary alicyclic amines) is 1. The van der Waals surface area contributed by atoms with Gasteiger partial charge in [-0.15, -0.1) is 0 Å².